The van der Waals surface area contributed by atoms with Crippen molar-refractivity contribution in [1.82, 2.24) is 10.2 Å². The number of carbonyl (C=O) groups excluding carboxylic acids is 2. The normalized spacial score (nSPS) is 12.0. The summed E-state index contributed by atoms with van der Waals surface area (Å²) in [6.45, 7) is 5.05. The Morgan fingerprint density at radius 2 is 1.66 bits per heavy atom. The molecule has 0 fully saturated rings. The lowest BCUT2D eigenvalue weighted by Crippen LogP contribution is -2.52. The monoisotopic (exact) mass is 559 g/mol. The minimum Gasteiger partial charge on any atom is -0.355 e. The molecule has 10 heteroatoms. The van der Waals surface area contributed by atoms with E-state index in [0.29, 0.717) is 34.8 Å². The maximum Gasteiger partial charge on any atom is 0.264 e. The van der Waals surface area contributed by atoms with Gasteiger partial charge in [0.15, 0.2) is 0 Å². The lowest BCUT2D eigenvalue weighted by Gasteiger charge is -2.33. The zero-order valence-electron chi connectivity index (χ0n) is 21.5. The summed E-state index contributed by atoms with van der Waals surface area (Å²) in [6, 6.07) is 17.3. The molecule has 3 aromatic carbocycles. The molecule has 0 aliphatic heterocycles. The molecule has 0 aliphatic carbocycles. The highest BCUT2D eigenvalue weighted by molar-refractivity contribution is 7.92. The van der Waals surface area contributed by atoms with Crippen LogP contribution in [0.5, 0.6) is 0 Å². The SMILES string of the molecule is CCNC(=O)C(CC)N(Cc1ccc(F)cc1)C(=O)CN(c1ccc(Cl)cc1C)S(=O)(=O)c1ccccc1. The second-order valence-corrected chi connectivity index (χ2v) is 11.0. The minimum absolute atomic E-state index is 0.00637. The molecule has 38 heavy (non-hydrogen) atoms. The third-order valence-corrected chi connectivity index (χ3v) is 8.05. The Balaban J connectivity index is 2.08. The van der Waals surface area contributed by atoms with Crippen LogP contribution in [-0.2, 0) is 26.2 Å². The summed E-state index contributed by atoms with van der Waals surface area (Å²) in [5.74, 6) is -1.37. The molecule has 7 nitrogen and oxygen atoms in total. The number of likely N-dealkylation sites (N-methyl/N-ethyl adjacent to an activating group) is 1. The van der Waals surface area contributed by atoms with Crippen molar-refractivity contribution in [2.75, 3.05) is 17.4 Å². The predicted molar refractivity (Wildman–Crippen MR) is 147 cm³/mol. The zero-order valence-corrected chi connectivity index (χ0v) is 23.1. The van der Waals surface area contributed by atoms with Crippen LogP contribution in [0.15, 0.2) is 77.7 Å². The number of sulfonamides is 1. The lowest BCUT2D eigenvalue weighted by molar-refractivity contribution is -0.140. The van der Waals surface area contributed by atoms with E-state index in [1.165, 1.54) is 41.3 Å². The van der Waals surface area contributed by atoms with Gasteiger partial charge >= 0.3 is 0 Å². The third kappa shape index (κ3) is 6.90. The summed E-state index contributed by atoms with van der Waals surface area (Å²) in [5.41, 5.74) is 1.45. The quantitative estimate of drug-likeness (QED) is 0.361. The van der Waals surface area contributed by atoms with Gasteiger partial charge in [-0.1, -0.05) is 48.9 Å². The fourth-order valence-corrected chi connectivity index (χ4v) is 5.86. The molecule has 1 atom stereocenters. The van der Waals surface area contributed by atoms with E-state index in [0.717, 1.165) is 4.31 Å². The van der Waals surface area contributed by atoms with Crippen LogP contribution in [0, 0.1) is 12.7 Å². The van der Waals surface area contributed by atoms with Crippen LogP contribution in [0.3, 0.4) is 0 Å². The second kappa shape index (κ2) is 12.9. The van der Waals surface area contributed by atoms with E-state index in [2.05, 4.69) is 5.32 Å². The van der Waals surface area contributed by atoms with Crippen LogP contribution in [0.4, 0.5) is 10.1 Å². The van der Waals surface area contributed by atoms with E-state index < -0.39 is 34.3 Å². The number of aryl methyl sites for hydroxylation is 1. The van der Waals surface area contributed by atoms with Crippen molar-refractivity contribution >= 4 is 39.1 Å². The first-order valence-electron chi connectivity index (χ1n) is 12.2. The molecule has 2 amide bonds. The first-order valence-corrected chi connectivity index (χ1v) is 14.1. The van der Waals surface area contributed by atoms with E-state index >= 15 is 0 Å². The second-order valence-electron chi connectivity index (χ2n) is 8.72. The largest absolute Gasteiger partial charge is 0.355 e. The van der Waals surface area contributed by atoms with Crippen molar-refractivity contribution in [3.8, 4) is 0 Å². The first-order chi connectivity index (χ1) is 18.1. The molecular weight excluding hydrogens is 529 g/mol. The third-order valence-electron chi connectivity index (χ3n) is 6.04. The number of anilines is 1. The molecule has 0 bridgehead atoms. The number of benzene rings is 3. The summed E-state index contributed by atoms with van der Waals surface area (Å²) in [4.78, 5) is 28.2. The predicted octanol–water partition coefficient (Wildman–Crippen LogP) is 4.93. The van der Waals surface area contributed by atoms with E-state index in [1.807, 2.05) is 0 Å². The summed E-state index contributed by atoms with van der Waals surface area (Å²) in [7, 11) is -4.17. The number of hydrogen-bond donors (Lipinski definition) is 1. The highest BCUT2D eigenvalue weighted by Crippen LogP contribution is 2.29. The smallest absolute Gasteiger partial charge is 0.264 e. The van der Waals surface area contributed by atoms with Gasteiger partial charge in [-0.25, -0.2) is 12.8 Å². The minimum atomic E-state index is -4.17. The van der Waals surface area contributed by atoms with Gasteiger partial charge in [0.05, 0.1) is 10.6 Å². The topological polar surface area (TPSA) is 86.8 Å². The van der Waals surface area contributed by atoms with Gasteiger partial charge in [-0.2, -0.15) is 0 Å². The van der Waals surface area contributed by atoms with Gasteiger partial charge < -0.3 is 10.2 Å². The number of nitrogens with one attached hydrogen (secondary N) is 1. The van der Waals surface area contributed by atoms with Crippen molar-refractivity contribution in [2.24, 2.45) is 0 Å². The molecule has 0 saturated carbocycles. The van der Waals surface area contributed by atoms with Gasteiger partial charge in [-0.3, -0.25) is 13.9 Å². The maximum absolute atomic E-state index is 13.9. The van der Waals surface area contributed by atoms with E-state index in [9.17, 15) is 22.4 Å². The van der Waals surface area contributed by atoms with Gasteiger partial charge in [0.25, 0.3) is 10.0 Å². The van der Waals surface area contributed by atoms with Gasteiger partial charge in [-0.15, -0.1) is 0 Å². The summed E-state index contributed by atoms with van der Waals surface area (Å²) < 4.78 is 42.2. The standard InChI is InChI=1S/C28H31ClFN3O4S/c1-4-25(28(35)31-5-2)32(18-21-11-14-23(30)15-12-21)27(34)19-33(26-16-13-22(29)17-20(26)3)38(36,37)24-9-7-6-8-10-24/h6-17,25H,4-5,18-19H2,1-3H3,(H,31,35). The Morgan fingerprint density at radius 1 is 1.00 bits per heavy atom. The molecule has 1 unspecified atom stereocenters. The summed E-state index contributed by atoms with van der Waals surface area (Å²) in [6.07, 6.45) is 0.296. The number of hydrogen-bond acceptors (Lipinski definition) is 4. The molecule has 0 aliphatic rings. The van der Waals surface area contributed by atoms with Crippen molar-refractivity contribution in [2.45, 2.75) is 44.7 Å². The number of amides is 2. The van der Waals surface area contributed by atoms with E-state index in [-0.39, 0.29) is 17.3 Å². The Morgan fingerprint density at radius 3 is 2.24 bits per heavy atom. The molecule has 202 valence electrons. The zero-order chi connectivity index (χ0) is 27.9. The average Bonchev–Trinajstić information content (AvgIpc) is 2.89. The van der Waals surface area contributed by atoms with E-state index in [4.69, 9.17) is 11.6 Å². The van der Waals surface area contributed by atoms with Gasteiger partial charge in [0.2, 0.25) is 11.8 Å². The van der Waals surface area contributed by atoms with Gasteiger partial charge in [0.1, 0.15) is 18.4 Å². The average molecular weight is 560 g/mol. The Bertz CT molecular complexity index is 1370. The molecule has 1 N–H and O–H groups in total. The molecule has 0 radical (unpaired) electrons. The van der Waals surface area contributed by atoms with Gasteiger partial charge in [-0.05, 0) is 73.9 Å². The molecule has 3 aromatic rings. The highest BCUT2D eigenvalue weighted by atomic mass is 35.5. The fourth-order valence-electron chi connectivity index (χ4n) is 4.13. The number of nitrogens with zero attached hydrogens (tertiary/aromatic N) is 2. The molecule has 0 aromatic heterocycles. The molecule has 3 rings (SSSR count). The Labute approximate surface area is 228 Å². The summed E-state index contributed by atoms with van der Waals surface area (Å²) >= 11 is 6.12. The molecule has 0 saturated heterocycles. The maximum atomic E-state index is 13.9. The summed E-state index contributed by atoms with van der Waals surface area (Å²) in [5, 5.41) is 3.17. The van der Waals surface area contributed by atoms with Crippen LogP contribution >= 0.6 is 11.6 Å². The number of rotatable bonds is 11. The van der Waals surface area contributed by atoms with Crippen molar-refractivity contribution in [3.63, 3.8) is 0 Å². The van der Waals surface area contributed by atoms with Gasteiger partial charge in [0, 0.05) is 18.1 Å². The van der Waals surface area contributed by atoms with Crippen LogP contribution in [0.2, 0.25) is 5.02 Å². The van der Waals surface area contributed by atoms with Crippen molar-refractivity contribution < 1.29 is 22.4 Å². The fraction of sp³-hybridized carbons (Fsp3) is 0.286. The first kappa shape index (κ1) is 29.1. The number of halogens is 2. The van der Waals surface area contributed by atoms with Crippen LogP contribution < -0.4 is 9.62 Å². The van der Waals surface area contributed by atoms with Crippen molar-refractivity contribution in [1.29, 1.82) is 0 Å². The van der Waals surface area contributed by atoms with Crippen LogP contribution in [0.1, 0.15) is 31.4 Å². The highest BCUT2D eigenvalue weighted by Gasteiger charge is 2.34. The molecular formula is C28H31ClFN3O4S. The number of carbonyl (C=O) groups is 2. The van der Waals surface area contributed by atoms with Crippen molar-refractivity contribution in [3.05, 3.63) is 94.8 Å². The molecule has 0 heterocycles. The Kier molecular flexibility index (Phi) is 9.88. The van der Waals surface area contributed by atoms with Crippen LogP contribution in [0.25, 0.3) is 0 Å². The van der Waals surface area contributed by atoms with E-state index in [1.54, 1.807) is 57.2 Å². The lowest BCUT2D eigenvalue weighted by atomic mass is 10.1. The Hall–Kier alpha value is -3.43. The molecule has 0 spiro atoms. The van der Waals surface area contributed by atoms with Crippen LogP contribution in [-0.4, -0.2) is 44.3 Å².